The van der Waals surface area contributed by atoms with Gasteiger partial charge in [-0.25, -0.2) is 0 Å². The first kappa shape index (κ1) is 31.1. The van der Waals surface area contributed by atoms with Gasteiger partial charge in [0.2, 0.25) is 0 Å². The van der Waals surface area contributed by atoms with Crippen molar-refractivity contribution in [3.05, 3.63) is 69.8 Å². The molecular weight excluding hydrogens is 605 g/mol. The molecule has 2 aliphatic rings. The van der Waals surface area contributed by atoms with E-state index >= 15 is 13.2 Å². The second-order valence-electron chi connectivity index (χ2n) is 13.2. The second kappa shape index (κ2) is 10.8. The molecule has 6 nitrogen and oxygen atoms in total. The molecule has 47 heavy (non-hydrogen) atoms. The van der Waals surface area contributed by atoms with Crippen LogP contribution in [0.2, 0.25) is 0 Å². The van der Waals surface area contributed by atoms with Crippen molar-refractivity contribution in [1.82, 2.24) is 9.80 Å². The lowest BCUT2D eigenvalue weighted by molar-refractivity contribution is -0.136. The molecule has 7 rings (SSSR count). The zero-order valence-corrected chi connectivity index (χ0v) is 27.0. The van der Waals surface area contributed by atoms with Crippen LogP contribution in [0.3, 0.4) is 0 Å². The Hall–Kier alpha value is -4.53. The zero-order valence-electron chi connectivity index (χ0n) is 27.0. The molecule has 2 atom stereocenters. The number of unbranched alkanes of at least 4 members (excludes halogenated alkanes) is 2. The van der Waals surface area contributed by atoms with E-state index in [1.807, 2.05) is 20.8 Å². The molecule has 0 saturated heterocycles. The van der Waals surface area contributed by atoms with Crippen molar-refractivity contribution in [2.45, 2.75) is 91.4 Å². The van der Waals surface area contributed by atoms with Gasteiger partial charge in [-0.05, 0) is 90.4 Å². The Morgan fingerprint density at radius 3 is 1.49 bits per heavy atom. The van der Waals surface area contributed by atoms with Crippen molar-refractivity contribution < 1.29 is 32.3 Å². The third-order valence-electron chi connectivity index (χ3n) is 10.2. The van der Waals surface area contributed by atoms with Crippen molar-refractivity contribution in [2.75, 3.05) is 0 Å². The van der Waals surface area contributed by atoms with Crippen LogP contribution >= 0.6 is 0 Å². The van der Waals surface area contributed by atoms with E-state index in [2.05, 4.69) is 0 Å². The molecule has 0 N–H and O–H groups in total. The van der Waals surface area contributed by atoms with Crippen molar-refractivity contribution >= 4 is 66.7 Å². The molecule has 0 aromatic heterocycles. The fourth-order valence-electron chi connectivity index (χ4n) is 7.99. The Morgan fingerprint density at radius 1 is 0.596 bits per heavy atom. The van der Waals surface area contributed by atoms with Crippen LogP contribution in [0.25, 0.3) is 43.1 Å². The van der Waals surface area contributed by atoms with E-state index in [0.717, 1.165) is 36.6 Å². The molecule has 0 aliphatic carbocycles. The minimum atomic E-state index is -4.85. The van der Waals surface area contributed by atoms with Crippen LogP contribution < -0.4 is 0 Å². The Bertz CT molecular complexity index is 2200. The lowest BCUT2D eigenvalue weighted by Crippen LogP contribution is -2.46. The monoisotopic (exact) mass is 640 g/mol. The summed E-state index contributed by atoms with van der Waals surface area (Å²) >= 11 is 0. The number of carbonyl (C=O) groups is 4. The Balaban J connectivity index is 1.60. The van der Waals surface area contributed by atoms with Gasteiger partial charge in [0.1, 0.15) is 0 Å². The average Bonchev–Trinajstić information content (AvgIpc) is 3.03. The number of alkyl halides is 3. The minimum absolute atomic E-state index is 0.143. The number of halogens is 3. The topological polar surface area (TPSA) is 74.8 Å². The summed E-state index contributed by atoms with van der Waals surface area (Å²) in [5.74, 6) is -2.18. The highest BCUT2D eigenvalue weighted by Crippen LogP contribution is 2.51. The first-order chi connectivity index (χ1) is 22.3. The number of carbonyl (C=O) groups excluding carboxylic acids is 4. The van der Waals surface area contributed by atoms with Gasteiger partial charge in [-0.15, -0.1) is 0 Å². The van der Waals surface area contributed by atoms with Gasteiger partial charge in [0, 0.05) is 50.5 Å². The van der Waals surface area contributed by atoms with Crippen molar-refractivity contribution in [3.63, 3.8) is 0 Å². The van der Waals surface area contributed by atoms with Crippen LogP contribution in [-0.2, 0) is 6.18 Å². The van der Waals surface area contributed by atoms with Crippen LogP contribution in [0, 0.1) is 6.92 Å². The molecule has 0 radical (unpaired) electrons. The smallest absolute Gasteiger partial charge is 0.272 e. The lowest BCUT2D eigenvalue weighted by Gasteiger charge is -2.34. The number of benzene rings is 5. The molecule has 4 amide bonds. The molecule has 2 heterocycles. The zero-order chi connectivity index (χ0) is 33.7. The standard InChI is InChI=1S/C38H35F3N2O4/c1-6-8-10-19(4)42-34(44)23-15-13-22-31-27(38(39,40)41)17-26-30-24(35(45)43(37(26)47)20(5)11-9-7-2)14-12-21(33(30)31)28-18(3)16-25(36(42)46)29(23)32(22)28/h12-17,19-20H,6-11H2,1-5H3. The third-order valence-corrected chi connectivity index (χ3v) is 10.2. The fourth-order valence-corrected chi connectivity index (χ4v) is 7.99. The van der Waals surface area contributed by atoms with Crippen LogP contribution in [0.1, 0.15) is 119 Å². The number of fused-ring (bicyclic) bond motifs is 2. The molecule has 2 unspecified atom stereocenters. The number of rotatable bonds is 8. The average molecular weight is 641 g/mol. The summed E-state index contributed by atoms with van der Waals surface area (Å²) in [6.45, 7) is 9.41. The van der Waals surface area contributed by atoms with Crippen LogP contribution in [0.4, 0.5) is 13.2 Å². The van der Waals surface area contributed by atoms with E-state index < -0.39 is 41.4 Å². The Labute approximate surface area is 269 Å². The lowest BCUT2D eigenvalue weighted by atomic mass is 9.79. The predicted molar refractivity (Wildman–Crippen MR) is 176 cm³/mol. The number of aryl methyl sites for hydroxylation is 1. The molecule has 5 aromatic carbocycles. The van der Waals surface area contributed by atoms with E-state index in [4.69, 9.17) is 0 Å². The second-order valence-corrected chi connectivity index (χ2v) is 13.2. The molecule has 0 fully saturated rings. The van der Waals surface area contributed by atoms with Gasteiger partial charge in [0.15, 0.2) is 0 Å². The summed E-state index contributed by atoms with van der Waals surface area (Å²) < 4.78 is 45.3. The number of nitrogens with zero attached hydrogens (tertiary/aromatic N) is 2. The highest BCUT2D eigenvalue weighted by molar-refractivity contribution is 6.42. The minimum Gasteiger partial charge on any atom is -0.272 e. The number of imide groups is 2. The third kappa shape index (κ3) is 4.24. The van der Waals surface area contributed by atoms with Crippen LogP contribution in [0.15, 0.2) is 36.4 Å². The summed E-state index contributed by atoms with van der Waals surface area (Å²) in [7, 11) is 0. The predicted octanol–water partition coefficient (Wildman–Crippen LogP) is 9.41. The van der Waals surface area contributed by atoms with Crippen molar-refractivity contribution in [1.29, 1.82) is 0 Å². The Morgan fingerprint density at radius 2 is 1.02 bits per heavy atom. The SMILES string of the molecule is CCCCC(C)N1C(=O)c2ccc3c4c(C(F)(F)F)cc5c6c(ccc(c7c(C)cc(c2c37)C1=O)c64)C(=O)N(C(C)CCCC)C5=O. The van der Waals surface area contributed by atoms with E-state index in [1.165, 1.54) is 17.0 Å². The highest BCUT2D eigenvalue weighted by Gasteiger charge is 2.43. The summed E-state index contributed by atoms with van der Waals surface area (Å²) in [6, 6.07) is 8.07. The van der Waals surface area contributed by atoms with E-state index in [1.54, 1.807) is 32.0 Å². The van der Waals surface area contributed by atoms with Gasteiger partial charge in [-0.2, -0.15) is 13.2 Å². The molecule has 0 saturated carbocycles. The van der Waals surface area contributed by atoms with Gasteiger partial charge < -0.3 is 0 Å². The molecule has 0 spiro atoms. The maximum Gasteiger partial charge on any atom is 0.417 e. The summed E-state index contributed by atoms with van der Waals surface area (Å²) in [5.41, 5.74) is 0.251. The highest BCUT2D eigenvalue weighted by atomic mass is 19.4. The fraction of sp³-hybridized carbons (Fsp3) is 0.368. The Kier molecular flexibility index (Phi) is 7.11. The number of hydrogen-bond acceptors (Lipinski definition) is 4. The molecule has 2 aliphatic heterocycles. The first-order valence-electron chi connectivity index (χ1n) is 16.4. The van der Waals surface area contributed by atoms with Crippen LogP contribution in [0.5, 0.6) is 0 Å². The molecule has 0 bridgehead atoms. The summed E-state index contributed by atoms with van der Waals surface area (Å²) in [4.78, 5) is 58.1. The van der Waals surface area contributed by atoms with Gasteiger partial charge in [-0.3, -0.25) is 29.0 Å². The van der Waals surface area contributed by atoms with E-state index in [9.17, 15) is 19.2 Å². The maximum absolute atomic E-state index is 15.1. The van der Waals surface area contributed by atoms with Gasteiger partial charge >= 0.3 is 6.18 Å². The quantitative estimate of drug-likeness (QED) is 0.0962. The van der Waals surface area contributed by atoms with Gasteiger partial charge in [0.25, 0.3) is 23.6 Å². The number of hydrogen-bond donors (Lipinski definition) is 0. The maximum atomic E-state index is 15.1. The van der Waals surface area contributed by atoms with Crippen LogP contribution in [-0.4, -0.2) is 45.5 Å². The van der Waals surface area contributed by atoms with Crippen molar-refractivity contribution in [2.24, 2.45) is 0 Å². The van der Waals surface area contributed by atoms with E-state index in [0.29, 0.717) is 39.9 Å². The largest absolute Gasteiger partial charge is 0.417 e. The van der Waals surface area contributed by atoms with Gasteiger partial charge in [0.05, 0.1) is 5.56 Å². The normalized spacial score (nSPS) is 16.5. The van der Waals surface area contributed by atoms with Crippen molar-refractivity contribution in [3.8, 4) is 0 Å². The van der Waals surface area contributed by atoms with Gasteiger partial charge in [-0.1, -0.05) is 51.7 Å². The molecule has 5 aromatic rings. The first-order valence-corrected chi connectivity index (χ1v) is 16.4. The molecule has 9 heteroatoms. The van der Waals surface area contributed by atoms with E-state index in [-0.39, 0.29) is 49.8 Å². The summed E-state index contributed by atoms with van der Waals surface area (Å²) in [5, 5.41) is 2.26. The summed E-state index contributed by atoms with van der Waals surface area (Å²) in [6.07, 6.45) is -0.320. The molecular formula is C38H35F3N2O4. The number of amides is 4. The molecule has 242 valence electrons.